The van der Waals surface area contributed by atoms with Crippen LogP contribution < -0.4 is 16.0 Å². The first-order valence-electron chi connectivity index (χ1n) is 9.66. The van der Waals surface area contributed by atoms with Crippen LogP contribution in [0.2, 0.25) is 0 Å². The van der Waals surface area contributed by atoms with Crippen molar-refractivity contribution in [1.82, 2.24) is 15.2 Å². The number of aromatic nitrogens is 3. The number of carbonyl (C=O) groups excluding carboxylic acids is 2. The summed E-state index contributed by atoms with van der Waals surface area (Å²) in [5.41, 5.74) is 0.914. The predicted molar refractivity (Wildman–Crippen MR) is 121 cm³/mol. The molecule has 32 heavy (non-hydrogen) atoms. The molecule has 0 fully saturated rings. The van der Waals surface area contributed by atoms with Crippen LogP contribution in [0.4, 0.5) is 25.3 Å². The minimum absolute atomic E-state index is 0.00719. The second kappa shape index (κ2) is 8.15. The van der Waals surface area contributed by atoms with Crippen LogP contribution in [-0.4, -0.2) is 32.5 Å². The minimum Gasteiger partial charge on any atom is -0.372 e. The average Bonchev–Trinajstić information content (AvgIpc) is 3.35. The van der Waals surface area contributed by atoms with Gasteiger partial charge in [-0.25, -0.2) is 13.8 Å². The lowest BCUT2D eigenvalue weighted by atomic mass is 10.0. The van der Waals surface area contributed by atoms with Crippen molar-refractivity contribution in [3.63, 3.8) is 0 Å². The molecule has 0 radical (unpaired) electrons. The predicted octanol–water partition coefficient (Wildman–Crippen LogP) is 4.57. The number of anilines is 3. The number of nitrogens with zero attached hydrogens (tertiary/aromatic N) is 2. The minimum atomic E-state index is -1.11. The van der Waals surface area contributed by atoms with Gasteiger partial charge in [0.25, 0.3) is 5.91 Å². The van der Waals surface area contributed by atoms with Crippen molar-refractivity contribution in [3.05, 3.63) is 41.8 Å². The summed E-state index contributed by atoms with van der Waals surface area (Å²) >= 11 is 1.23. The fraction of sp³-hybridized carbons (Fsp3) is 0.238. The Morgan fingerprint density at radius 1 is 1.22 bits per heavy atom. The second-order valence-electron chi connectivity index (χ2n) is 7.78. The molecule has 0 atom stereocenters. The van der Waals surface area contributed by atoms with Crippen molar-refractivity contribution in [2.75, 3.05) is 16.0 Å². The molecule has 0 aliphatic heterocycles. The number of hydrogen-bond acceptors (Lipinski definition) is 6. The van der Waals surface area contributed by atoms with Gasteiger partial charge in [0.1, 0.15) is 18.0 Å². The van der Waals surface area contributed by atoms with Gasteiger partial charge < -0.3 is 10.6 Å². The Hall–Kier alpha value is -3.60. The van der Waals surface area contributed by atoms with E-state index in [0.29, 0.717) is 27.4 Å². The SMILES string of the molecule is CC(=O)Nc1cc(NC(C)(C)C(=O)Nc2nc3c(CF)cc4[nH]ncc4c3s2)ccc1F. The summed E-state index contributed by atoms with van der Waals surface area (Å²) < 4.78 is 28.1. The van der Waals surface area contributed by atoms with E-state index in [1.165, 1.54) is 36.5 Å². The van der Waals surface area contributed by atoms with Crippen molar-refractivity contribution in [2.45, 2.75) is 33.0 Å². The molecule has 0 spiro atoms. The quantitative estimate of drug-likeness (QED) is 0.338. The zero-order chi connectivity index (χ0) is 23.0. The molecule has 2 aromatic heterocycles. The van der Waals surface area contributed by atoms with Crippen molar-refractivity contribution < 1.29 is 18.4 Å². The number of halogens is 2. The van der Waals surface area contributed by atoms with Crippen LogP contribution in [0.3, 0.4) is 0 Å². The maximum atomic E-state index is 13.9. The Kier molecular flexibility index (Phi) is 5.51. The lowest BCUT2D eigenvalue weighted by Gasteiger charge is -2.26. The molecule has 0 bridgehead atoms. The van der Waals surface area contributed by atoms with Crippen LogP contribution in [-0.2, 0) is 16.3 Å². The molecule has 166 valence electrons. The molecule has 2 amide bonds. The fourth-order valence-corrected chi connectivity index (χ4v) is 4.28. The summed E-state index contributed by atoms with van der Waals surface area (Å²) in [6, 6.07) is 5.73. The summed E-state index contributed by atoms with van der Waals surface area (Å²) in [7, 11) is 0. The maximum Gasteiger partial charge on any atom is 0.251 e. The van der Waals surface area contributed by atoms with E-state index >= 15 is 0 Å². The number of amides is 2. The third-order valence-corrected chi connectivity index (χ3v) is 5.83. The first-order valence-corrected chi connectivity index (χ1v) is 10.5. The number of hydrogen-bond donors (Lipinski definition) is 4. The molecule has 4 rings (SSSR count). The van der Waals surface area contributed by atoms with Crippen molar-refractivity contribution in [1.29, 1.82) is 0 Å². The number of H-pyrrole nitrogens is 1. The molecular formula is C21H20F2N6O2S. The first-order chi connectivity index (χ1) is 15.2. The standard InChI is InChI=1S/C21H20F2N6O2S/c1-10(30)25-16-7-12(4-5-14(16)23)28-21(2,3)19(31)27-20-26-17-11(8-22)6-15-13(9-24-29-15)18(17)32-20/h4-7,9,28H,8H2,1-3H3,(H,24,29)(H,25,30)(H,26,27,31). The number of benzene rings is 2. The van der Waals surface area contributed by atoms with Gasteiger partial charge in [0.05, 0.1) is 27.6 Å². The number of nitrogens with one attached hydrogen (secondary N) is 4. The first kappa shape index (κ1) is 21.6. The largest absolute Gasteiger partial charge is 0.372 e. The molecule has 0 saturated carbocycles. The van der Waals surface area contributed by atoms with E-state index in [1.807, 2.05) is 0 Å². The summed E-state index contributed by atoms with van der Waals surface area (Å²) in [6.45, 7) is 3.88. The van der Waals surface area contributed by atoms with Gasteiger partial charge in [-0.3, -0.25) is 20.0 Å². The molecule has 11 heteroatoms. The number of alkyl halides is 1. The van der Waals surface area contributed by atoms with Gasteiger partial charge in [-0.05, 0) is 38.1 Å². The van der Waals surface area contributed by atoms with Crippen LogP contribution in [0.5, 0.6) is 0 Å². The van der Waals surface area contributed by atoms with E-state index < -0.39 is 29.8 Å². The van der Waals surface area contributed by atoms with E-state index in [2.05, 4.69) is 31.1 Å². The van der Waals surface area contributed by atoms with Crippen LogP contribution in [0.1, 0.15) is 26.3 Å². The Bertz CT molecular complexity index is 1350. The molecule has 8 nitrogen and oxygen atoms in total. The molecule has 2 heterocycles. The topological polar surface area (TPSA) is 112 Å². The van der Waals surface area contributed by atoms with E-state index in [1.54, 1.807) is 26.1 Å². The van der Waals surface area contributed by atoms with Gasteiger partial charge in [0, 0.05) is 23.6 Å². The molecule has 0 unspecified atom stereocenters. The highest BCUT2D eigenvalue weighted by Crippen LogP contribution is 2.35. The summed E-state index contributed by atoms with van der Waals surface area (Å²) in [4.78, 5) is 28.6. The average molecular weight is 458 g/mol. The van der Waals surface area contributed by atoms with Crippen LogP contribution >= 0.6 is 11.3 Å². The van der Waals surface area contributed by atoms with Gasteiger partial charge >= 0.3 is 0 Å². The number of aromatic amines is 1. The summed E-state index contributed by atoms with van der Waals surface area (Å²) in [5.74, 6) is -1.39. The Morgan fingerprint density at radius 3 is 2.72 bits per heavy atom. The Labute approximate surface area is 185 Å². The third kappa shape index (κ3) is 4.11. The lowest BCUT2D eigenvalue weighted by molar-refractivity contribution is -0.119. The molecule has 4 N–H and O–H groups in total. The van der Waals surface area contributed by atoms with Gasteiger partial charge in [-0.2, -0.15) is 5.10 Å². The van der Waals surface area contributed by atoms with E-state index in [4.69, 9.17) is 0 Å². The highest BCUT2D eigenvalue weighted by Gasteiger charge is 2.29. The van der Waals surface area contributed by atoms with Crippen LogP contribution in [0.15, 0.2) is 30.5 Å². The van der Waals surface area contributed by atoms with E-state index in [0.717, 1.165) is 10.1 Å². The lowest BCUT2D eigenvalue weighted by Crippen LogP contribution is -2.44. The van der Waals surface area contributed by atoms with Gasteiger partial charge in [0.2, 0.25) is 5.91 Å². The Morgan fingerprint density at radius 2 is 2.00 bits per heavy atom. The Balaban J connectivity index is 1.58. The number of rotatable bonds is 6. The molecule has 0 aliphatic carbocycles. The van der Waals surface area contributed by atoms with E-state index in [-0.39, 0.29) is 5.69 Å². The van der Waals surface area contributed by atoms with Gasteiger partial charge in [-0.1, -0.05) is 11.3 Å². The second-order valence-corrected chi connectivity index (χ2v) is 8.78. The summed E-state index contributed by atoms with van der Waals surface area (Å²) in [5, 5.41) is 16.1. The monoisotopic (exact) mass is 458 g/mol. The van der Waals surface area contributed by atoms with Crippen molar-refractivity contribution >= 4 is 60.8 Å². The molecular weight excluding hydrogens is 438 g/mol. The highest BCUT2D eigenvalue weighted by atomic mass is 32.1. The smallest absolute Gasteiger partial charge is 0.251 e. The van der Waals surface area contributed by atoms with Gasteiger partial charge in [-0.15, -0.1) is 0 Å². The maximum absolute atomic E-state index is 13.9. The third-order valence-electron chi connectivity index (χ3n) is 4.83. The fourth-order valence-electron chi connectivity index (χ4n) is 3.26. The number of thiazole rings is 1. The van der Waals surface area contributed by atoms with Crippen LogP contribution in [0, 0.1) is 5.82 Å². The molecule has 4 aromatic rings. The molecule has 2 aromatic carbocycles. The van der Waals surface area contributed by atoms with Crippen molar-refractivity contribution in [2.24, 2.45) is 0 Å². The van der Waals surface area contributed by atoms with E-state index in [9.17, 15) is 18.4 Å². The zero-order valence-electron chi connectivity index (χ0n) is 17.5. The zero-order valence-corrected chi connectivity index (χ0v) is 18.3. The van der Waals surface area contributed by atoms with Crippen molar-refractivity contribution in [3.8, 4) is 0 Å². The van der Waals surface area contributed by atoms with Gasteiger partial charge in [0.15, 0.2) is 5.13 Å². The summed E-state index contributed by atoms with van der Waals surface area (Å²) in [6.07, 6.45) is 1.64. The number of carbonyl (C=O) groups is 2. The normalized spacial score (nSPS) is 11.7. The molecule has 0 saturated heterocycles. The highest BCUT2D eigenvalue weighted by molar-refractivity contribution is 7.23. The molecule has 0 aliphatic rings. The number of fused-ring (bicyclic) bond motifs is 3. The van der Waals surface area contributed by atoms with Crippen LogP contribution in [0.25, 0.3) is 21.1 Å².